The third-order valence-corrected chi connectivity index (χ3v) is 9.19. The minimum absolute atomic E-state index is 0.0599. The Labute approximate surface area is 140 Å². The molecule has 0 unspecified atom stereocenters. The van der Waals surface area contributed by atoms with E-state index in [1.165, 1.54) is 0 Å². The van der Waals surface area contributed by atoms with Crippen molar-refractivity contribution in [3.05, 3.63) is 42.0 Å². The van der Waals surface area contributed by atoms with Crippen LogP contribution in [0.4, 0.5) is 0 Å². The number of benzene rings is 2. The van der Waals surface area contributed by atoms with E-state index >= 15 is 0 Å². The monoisotopic (exact) mass is 327 g/mol. The highest BCUT2D eigenvalue weighted by Crippen LogP contribution is 2.41. The molecule has 2 aromatic carbocycles. The van der Waals surface area contributed by atoms with Crippen molar-refractivity contribution in [2.75, 3.05) is 7.11 Å². The highest BCUT2D eigenvalue weighted by atomic mass is 28.4. The van der Waals surface area contributed by atoms with E-state index in [4.69, 9.17) is 9.16 Å². The first-order valence-electron chi connectivity index (χ1n) is 7.84. The van der Waals surface area contributed by atoms with Crippen LogP contribution in [0.1, 0.15) is 32.4 Å². The largest absolute Gasteiger partial charge is 0.496 e. The highest BCUT2D eigenvalue weighted by molar-refractivity contribution is 6.74. The van der Waals surface area contributed by atoms with Gasteiger partial charge in [0.2, 0.25) is 0 Å². The van der Waals surface area contributed by atoms with Gasteiger partial charge >= 0.3 is 0 Å². The van der Waals surface area contributed by atoms with Crippen LogP contribution in [0.2, 0.25) is 18.1 Å². The first-order valence-corrected chi connectivity index (χ1v) is 10.7. The molecule has 0 aliphatic rings. The molecule has 0 aromatic heterocycles. The fraction of sp³-hybridized carbons (Fsp3) is 0.421. The molecule has 3 nitrogen and oxygen atoms in total. The van der Waals surface area contributed by atoms with Gasteiger partial charge in [-0.25, -0.2) is 0 Å². The van der Waals surface area contributed by atoms with Crippen LogP contribution in [-0.2, 0) is 4.43 Å². The van der Waals surface area contributed by atoms with E-state index < -0.39 is 14.4 Å². The molecule has 0 bridgehead atoms. The molecule has 2 rings (SSSR count). The maximum absolute atomic E-state index is 9.71. The summed E-state index contributed by atoms with van der Waals surface area (Å²) in [7, 11) is -0.373. The standard InChI is InChI=1S/C19H25NO2Si/c1-19(2,3)23(5,6)22-18(13-20)16-11-12-17(21-4)15-10-8-7-9-14(15)16/h7-12,18H,1-6H3/t18-/m0/s1. The van der Waals surface area contributed by atoms with Gasteiger partial charge in [0.25, 0.3) is 0 Å². The van der Waals surface area contributed by atoms with Crippen molar-refractivity contribution < 1.29 is 9.16 Å². The van der Waals surface area contributed by atoms with Crippen LogP contribution in [-0.4, -0.2) is 15.4 Å². The summed E-state index contributed by atoms with van der Waals surface area (Å²) in [5.74, 6) is 0.813. The normalized spacial score (nSPS) is 13.6. The summed E-state index contributed by atoms with van der Waals surface area (Å²) in [6.45, 7) is 10.9. The molecule has 2 aromatic rings. The van der Waals surface area contributed by atoms with Crippen molar-refractivity contribution in [2.45, 2.75) is 45.0 Å². The van der Waals surface area contributed by atoms with E-state index in [9.17, 15) is 5.26 Å². The summed E-state index contributed by atoms with van der Waals surface area (Å²) in [5, 5.41) is 11.8. The van der Waals surface area contributed by atoms with Crippen LogP contribution in [0.25, 0.3) is 10.8 Å². The lowest BCUT2D eigenvalue weighted by molar-refractivity contribution is 0.237. The average molecular weight is 328 g/mol. The molecule has 0 amide bonds. The molecule has 0 aliphatic heterocycles. The summed E-state index contributed by atoms with van der Waals surface area (Å²) in [5.41, 5.74) is 0.911. The fourth-order valence-electron chi connectivity index (χ4n) is 2.33. The summed E-state index contributed by atoms with van der Waals surface area (Å²) in [4.78, 5) is 0. The minimum atomic E-state index is -2.03. The van der Waals surface area contributed by atoms with Crippen molar-refractivity contribution in [2.24, 2.45) is 0 Å². The molecule has 0 fully saturated rings. The number of fused-ring (bicyclic) bond motifs is 1. The smallest absolute Gasteiger partial charge is 0.194 e. The summed E-state index contributed by atoms with van der Waals surface area (Å²) < 4.78 is 11.8. The first kappa shape index (κ1) is 17.5. The van der Waals surface area contributed by atoms with E-state index in [-0.39, 0.29) is 5.04 Å². The predicted octanol–water partition coefficient (Wildman–Crippen LogP) is 5.43. The van der Waals surface area contributed by atoms with Crippen molar-refractivity contribution in [3.8, 4) is 11.8 Å². The zero-order valence-electron chi connectivity index (χ0n) is 14.8. The molecule has 0 N–H and O–H groups in total. The maximum atomic E-state index is 9.71. The Kier molecular flexibility index (Phi) is 4.83. The lowest BCUT2D eigenvalue weighted by atomic mass is 10.0. The molecule has 0 saturated heterocycles. The number of methoxy groups -OCH3 is 1. The number of ether oxygens (including phenoxy) is 1. The van der Waals surface area contributed by atoms with Gasteiger partial charge in [0.1, 0.15) is 5.75 Å². The SMILES string of the molecule is COc1ccc([C@H](C#N)O[Si](C)(C)C(C)(C)C)c2ccccc12. The second kappa shape index (κ2) is 6.35. The average Bonchev–Trinajstić information content (AvgIpc) is 2.50. The van der Waals surface area contributed by atoms with Gasteiger partial charge in [-0.3, -0.25) is 0 Å². The van der Waals surface area contributed by atoms with Crippen LogP contribution < -0.4 is 4.74 Å². The van der Waals surface area contributed by atoms with Crippen LogP contribution in [0.3, 0.4) is 0 Å². The van der Waals surface area contributed by atoms with Gasteiger partial charge in [0.05, 0.1) is 13.2 Å². The zero-order chi connectivity index (χ0) is 17.3. The summed E-state index contributed by atoms with van der Waals surface area (Å²) >= 11 is 0. The Bertz CT molecular complexity index is 741. The molecule has 23 heavy (non-hydrogen) atoms. The number of hydrogen-bond donors (Lipinski definition) is 0. The number of rotatable bonds is 4. The van der Waals surface area contributed by atoms with E-state index in [1.54, 1.807) is 7.11 Å². The van der Waals surface area contributed by atoms with Crippen molar-refractivity contribution in [1.82, 2.24) is 0 Å². The van der Waals surface area contributed by atoms with Gasteiger partial charge in [0, 0.05) is 10.9 Å². The molecule has 0 saturated carbocycles. The predicted molar refractivity (Wildman–Crippen MR) is 97.1 cm³/mol. The Morgan fingerprint density at radius 2 is 1.65 bits per heavy atom. The highest BCUT2D eigenvalue weighted by Gasteiger charge is 2.39. The molecule has 1 atom stereocenters. The van der Waals surface area contributed by atoms with Crippen LogP contribution in [0.5, 0.6) is 5.75 Å². The minimum Gasteiger partial charge on any atom is -0.496 e. The quantitative estimate of drug-likeness (QED) is 0.703. The van der Waals surface area contributed by atoms with Gasteiger partial charge in [-0.2, -0.15) is 5.26 Å². The fourth-order valence-corrected chi connectivity index (χ4v) is 3.45. The third kappa shape index (κ3) is 3.41. The van der Waals surface area contributed by atoms with Gasteiger partial charge in [-0.1, -0.05) is 51.1 Å². The van der Waals surface area contributed by atoms with Gasteiger partial charge < -0.3 is 9.16 Å². The van der Waals surface area contributed by atoms with E-state index in [2.05, 4.69) is 39.9 Å². The third-order valence-electron chi connectivity index (χ3n) is 4.76. The van der Waals surface area contributed by atoms with Crippen molar-refractivity contribution in [3.63, 3.8) is 0 Å². The number of nitriles is 1. The molecular formula is C19H25NO2Si. The molecule has 0 heterocycles. The summed E-state index contributed by atoms with van der Waals surface area (Å²) in [6, 6.07) is 14.2. The zero-order valence-corrected chi connectivity index (χ0v) is 15.8. The first-order chi connectivity index (χ1) is 10.7. The summed E-state index contributed by atoms with van der Waals surface area (Å²) in [6.07, 6.45) is -0.563. The van der Waals surface area contributed by atoms with Crippen LogP contribution in [0, 0.1) is 11.3 Å². The van der Waals surface area contributed by atoms with E-state index in [0.717, 1.165) is 22.1 Å². The van der Waals surface area contributed by atoms with Crippen LogP contribution >= 0.6 is 0 Å². The molecule has 0 spiro atoms. The lowest BCUT2D eigenvalue weighted by Crippen LogP contribution is -2.41. The molecular weight excluding hydrogens is 302 g/mol. The topological polar surface area (TPSA) is 42.2 Å². The maximum Gasteiger partial charge on any atom is 0.194 e. The number of nitrogens with zero attached hydrogens (tertiary/aromatic N) is 1. The van der Waals surface area contributed by atoms with Crippen LogP contribution in [0.15, 0.2) is 36.4 Å². The molecule has 122 valence electrons. The van der Waals surface area contributed by atoms with Crippen molar-refractivity contribution in [1.29, 1.82) is 5.26 Å². The second-order valence-corrected chi connectivity index (χ2v) is 12.0. The van der Waals surface area contributed by atoms with Gasteiger partial charge in [-0.15, -0.1) is 0 Å². The lowest BCUT2D eigenvalue weighted by Gasteiger charge is -2.37. The molecule has 4 heteroatoms. The Balaban J connectivity index is 2.52. The number of hydrogen-bond acceptors (Lipinski definition) is 3. The van der Waals surface area contributed by atoms with Gasteiger partial charge in [0.15, 0.2) is 14.4 Å². The van der Waals surface area contributed by atoms with E-state index in [1.807, 2.05) is 36.4 Å². The Hall–Kier alpha value is -1.83. The second-order valence-electron chi connectivity index (χ2n) is 7.29. The molecule has 0 aliphatic carbocycles. The Morgan fingerprint density at radius 3 is 2.17 bits per heavy atom. The van der Waals surface area contributed by atoms with Crippen molar-refractivity contribution >= 4 is 19.1 Å². The Morgan fingerprint density at radius 1 is 1.04 bits per heavy atom. The molecule has 0 radical (unpaired) electrons. The van der Waals surface area contributed by atoms with Gasteiger partial charge in [-0.05, 0) is 29.6 Å². The van der Waals surface area contributed by atoms with E-state index in [0.29, 0.717) is 0 Å².